The van der Waals surface area contributed by atoms with Gasteiger partial charge in [0.1, 0.15) is 10.5 Å². The van der Waals surface area contributed by atoms with E-state index in [-0.39, 0.29) is 29.8 Å². The lowest BCUT2D eigenvalue weighted by molar-refractivity contribution is -0.0277. The largest absolute Gasteiger partial charge is 0.477 e. The average molecular weight is 491 g/mol. The van der Waals surface area contributed by atoms with Gasteiger partial charge in [-0.05, 0) is 79.7 Å². The van der Waals surface area contributed by atoms with Crippen LogP contribution < -0.4 is 5.32 Å². The topological polar surface area (TPSA) is 88.1 Å². The molecule has 1 aromatic rings. The molecule has 1 saturated heterocycles. The van der Waals surface area contributed by atoms with E-state index in [0.29, 0.717) is 23.7 Å². The van der Waals surface area contributed by atoms with Crippen LogP contribution in [0.3, 0.4) is 0 Å². The molecule has 34 heavy (non-hydrogen) atoms. The number of carboxylic acid groups (broad SMARTS) is 1. The molecule has 0 spiro atoms. The summed E-state index contributed by atoms with van der Waals surface area (Å²) in [6.07, 6.45) is 4.39. The van der Waals surface area contributed by atoms with Gasteiger partial charge >= 0.3 is 12.1 Å². The number of amides is 1. The number of thiophene rings is 1. The molecule has 1 saturated carbocycles. The number of hydrogen-bond acceptors (Lipinski definition) is 6. The van der Waals surface area contributed by atoms with Crippen LogP contribution >= 0.6 is 11.3 Å². The highest BCUT2D eigenvalue weighted by Gasteiger charge is 2.33. The lowest BCUT2D eigenvalue weighted by Crippen LogP contribution is -2.37. The number of carboxylic acids is 1. The number of nitrogens with one attached hydrogen (secondary N) is 1. The highest BCUT2D eigenvalue weighted by atomic mass is 32.1. The molecule has 2 aliphatic rings. The Balaban J connectivity index is 1.49. The second kappa shape index (κ2) is 10.6. The van der Waals surface area contributed by atoms with Crippen LogP contribution in [0.4, 0.5) is 10.5 Å². The number of nitrogens with zero attached hydrogens (tertiary/aromatic N) is 1. The third-order valence-corrected chi connectivity index (χ3v) is 6.74. The minimum atomic E-state index is -0.927. The predicted octanol–water partition coefficient (Wildman–Crippen LogP) is 5.59. The smallest absolute Gasteiger partial charge is 0.410 e. The normalized spacial score (nSPS) is 23.2. The van der Waals surface area contributed by atoms with Gasteiger partial charge in [-0.2, -0.15) is 0 Å². The molecular formula is C26H38N2O5S. The molecule has 1 aromatic heterocycles. The Morgan fingerprint density at radius 1 is 1.09 bits per heavy atom. The SMILES string of the molecule is CC(C)(C)C#Cc1cc(N[C@H]2CC[C@H](O[C@H]3CCN(C(=O)OC(C)(C)C)C3)CC2)c(C(=O)O)s1. The second-order valence-electron chi connectivity index (χ2n) is 11.2. The summed E-state index contributed by atoms with van der Waals surface area (Å²) in [6, 6.07) is 2.07. The van der Waals surface area contributed by atoms with Crippen molar-refractivity contribution in [3.05, 3.63) is 15.8 Å². The van der Waals surface area contributed by atoms with Gasteiger partial charge in [0.15, 0.2) is 0 Å². The summed E-state index contributed by atoms with van der Waals surface area (Å²) in [6.45, 7) is 12.9. The summed E-state index contributed by atoms with van der Waals surface area (Å²) in [7, 11) is 0. The van der Waals surface area contributed by atoms with Gasteiger partial charge in [0.05, 0.1) is 29.3 Å². The zero-order valence-electron chi connectivity index (χ0n) is 21.2. The third-order valence-electron chi connectivity index (χ3n) is 5.70. The molecule has 7 nitrogen and oxygen atoms in total. The quantitative estimate of drug-likeness (QED) is 0.523. The van der Waals surface area contributed by atoms with Crippen molar-refractivity contribution in [3.63, 3.8) is 0 Å². The standard InChI is InChI=1S/C26H38N2O5S/c1-25(2,3)13-11-20-15-21(22(34-20)23(29)30)27-17-7-9-18(10-8-17)32-19-12-14-28(16-19)24(31)33-26(4,5)6/h15,17-19,27H,7-10,12,14,16H2,1-6H3,(H,29,30)/t17-,18-,19-/m0/s1. The van der Waals surface area contributed by atoms with E-state index in [4.69, 9.17) is 9.47 Å². The van der Waals surface area contributed by atoms with Crippen molar-refractivity contribution < 1.29 is 24.2 Å². The highest BCUT2D eigenvalue weighted by molar-refractivity contribution is 7.15. The zero-order chi connectivity index (χ0) is 25.1. The molecule has 2 fully saturated rings. The summed E-state index contributed by atoms with van der Waals surface area (Å²) >= 11 is 1.22. The van der Waals surface area contributed by atoms with E-state index in [1.807, 2.05) is 47.6 Å². The molecule has 0 aromatic carbocycles. The number of anilines is 1. The van der Waals surface area contributed by atoms with Crippen LogP contribution in [0.1, 0.15) is 88.2 Å². The van der Waals surface area contributed by atoms with E-state index in [1.165, 1.54) is 11.3 Å². The second-order valence-corrected chi connectivity index (χ2v) is 12.3. The van der Waals surface area contributed by atoms with E-state index < -0.39 is 11.6 Å². The number of aromatic carboxylic acids is 1. The summed E-state index contributed by atoms with van der Waals surface area (Å²) in [5.41, 5.74) is 0.0243. The van der Waals surface area contributed by atoms with Crippen molar-refractivity contribution in [1.82, 2.24) is 4.90 Å². The maximum Gasteiger partial charge on any atom is 0.410 e. The first kappa shape index (κ1) is 26.4. The van der Waals surface area contributed by atoms with Crippen molar-refractivity contribution >= 4 is 29.1 Å². The molecule has 188 valence electrons. The van der Waals surface area contributed by atoms with Crippen molar-refractivity contribution in [2.24, 2.45) is 5.41 Å². The van der Waals surface area contributed by atoms with E-state index in [2.05, 4.69) is 17.2 Å². The fourth-order valence-corrected chi connectivity index (χ4v) is 4.95. The summed E-state index contributed by atoms with van der Waals surface area (Å²) in [4.78, 5) is 26.8. The van der Waals surface area contributed by atoms with Gasteiger partial charge < -0.3 is 24.8 Å². The lowest BCUT2D eigenvalue weighted by Gasteiger charge is -2.31. The molecule has 1 aliphatic carbocycles. The van der Waals surface area contributed by atoms with E-state index >= 15 is 0 Å². The van der Waals surface area contributed by atoms with Crippen molar-refractivity contribution in [2.45, 2.75) is 97.5 Å². The molecule has 2 heterocycles. The molecule has 1 atom stereocenters. The lowest BCUT2D eigenvalue weighted by atomic mass is 9.92. The molecule has 2 N–H and O–H groups in total. The first-order chi connectivity index (χ1) is 15.8. The van der Waals surface area contributed by atoms with Gasteiger partial charge in [-0.15, -0.1) is 11.3 Å². The zero-order valence-corrected chi connectivity index (χ0v) is 22.0. The Labute approximate surface area is 207 Å². The van der Waals surface area contributed by atoms with Crippen molar-refractivity contribution in [3.8, 4) is 11.8 Å². The predicted molar refractivity (Wildman–Crippen MR) is 135 cm³/mol. The minimum Gasteiger partial charge on any atom is -0.477 e. The first-order valence-electron chi connectivity index (χ1n) is 12.1. The fourth-order valence-electron chi connectivity index (χ4n) is 4.13. The number of carbonyl (C=O) groups excluding carboxylic acids is 1. The van der Waals surface area contributed by atoms with Gasteiger partial charge in [0.25, 0.3) is 0 Å². The molecule has 8 heteroatoms. The molecular weight excluding hydrogens is 452 g/mol. The number of ether oxygens (including phenoxy) is 2. The Morgan fingerprint density at radius 3 is 2.35 bits per heavy atom. The number of hydrogen-bond donors (Lipinski definition) is 2. The Morgan fingerprint density at radius 2 is 1.76 bits per heavy atom. The van der Waals surface area contributed by atoms with Gasteiger partial charge in [-0.25, -0.2) is 9.59 Å². The fraction of sp³-hybridized carbons (Fsp3) is 0.692. The number of carbonyl (C=O) groups is 2. The minimum absolute atomic E-state index is 0.0430. The van der Waals surface area contributed by atoms with E-state index in [9.17, 15) is 14.7 Å². The monoisotopic (exact) mass is 490 g/mol. The van der Waals surface area contributed by atoms with E-state index in [1.54, 1.807) is 4.90 Å². The summed E-state index contributed by atoms with van der Waals surface area (Å²) in [5.74, 6) is 5.36. The highest BCUT2D eigenvalue weighted by Crippen LogP contribution is 2.32. The van der Waals surface area contributed by atoms with E-state index in [0.717, 1.165) is 37.0 Å². The van der Waals surface area contributed by atoms with Gasteiger partial charge in [-0.1, -0.05) is 11.8 Å². The van der Waals surface area contributed by atoms with Crippen LogP contribution in [0.5, 0.6) is 0 Å². The maximum atomic E-state index is 12.3. The third kappa shape index (κ3) is 7.92. The molecule has 0 unspecified atom stereocenters. The van der Waals surface area contributed by atoms with Crippen molar-refractivity contribution in [2.75, 3.05) is 18.4 Å². The number of rotatable bonds is 5. The summed E-state index contributed by atoms with van der Waals surface area (Å²) < 4.78 is 11.8. The molecule has 1 aliphatic heterocycles. The molecule has 1 amide bonds. The number of likely N-dealkylation sites (tertiary alicyclic amines) is 1. The molecule has 0 bridgehead atoms. The van der Waals surface area contributed by atoms with Crippen LogP contribution in [-0.2, 0) is 9.47 Å². The van der Waals surface area contributed by atoms with Crippen LogP contribution in [0.25, 0.3) is 0 Å². The van der Waals surface area contributed by atoms with Crippen molar-refractivity contribution in [1.29, 1.82) is 0 Å². The van der Waals surface area contributed by atoms with Crippen LogP contribution in [0, 0.1) is 17.3 Å². The molecule has 0 radical (unpaired) electrons. The maximum absolute atomic E-state index is 12.3. The Kier molecular flexibility index (Phi) is 8.20. The van der Waals surface area contributed by atoms with Gasteiger partial charge in [0.2, 0.25) is 0 Å². The summed E-state index contributed by atoms with van der Waals surface area (Å²) in [5, 5.41) is 13.1. The van der Waals surface area contributed by atoms with Crippen LogP contribution in [0.15, 0.2) is 6.07 Å². The van der Waals surface area contributed by atoms with Crippen LogP contribution in [0.2, 0.25) is 0 Å². The Bertz CT molecular complexity index is 939. The van der Waals surface area contributed by atoms with Gasteiger partial charge in [0, 0.05) is 18.0 Å². The van der Waals surface area contributed by atoms with Crippen LogP contribution in [-0.4, -0.2) is 59.0 Å². The average Bonchev–Trinajstić information content (AvgIpc) is 3.33. The van der Waals surface area contributed by atoms with Gasteiger partial charge in [-0.3, -0.25) is 0 Å². The first-order valence-corrected chi connectivity index (χ1v) is 12.9. The molecule has 3 rings (SSSR count). The Hall–Kier alpha value is -2.24.